The van der Waals surface area contributed by atoms with Crippen molar-refractivity contribution in [3.63, 3.8) is 0 Å². The lowest BCUT2D eigenvalue weighted by molar-refractivity contribution is 0.00466. The second-order valence-corrected chi connectivity index (χ2v) is 9.82. The van der Waals surface area contributed by atoms with Crippen LogP contribution in [0.2, 0.25) is 0 Å². The minimum absolute atomic E-state index is 0. The fourth-order valence-corrected chi connectivity index (χ4v) is 6.14. The predicted molar refractivity (Wildman–Crippen MR) is 139 cm³/mol. The summed E-state index contributed by atoms with van der Waals surface area (Å²) in [5, 5.41) is 4.03. The van der Waals surface area contributed by atoms with Crippen LogP contribution in [0.1, 0.15) is 42.9 Å². The van der Waals surface area contributed by atoms with Crippen LogP contribution in [0.15, 0.2) is 84.9 Å². The van der Waals surface area contributed by atoms with Crippen molar-refractivity contribution in [2.45, 2.75) is 44.8 Å². The number of halogens is 1. The van der Waals surface area contributed by atoms with Crippen LogP contribution < -0.4 is 5.32 Å². The van der Waals surface area contributed by atoms with Crippen molar-refractivity contribution in [3.05, 3.63) is 105 Å². The first kappa shape index (κ1) is 22.5. The number of hydrogen-bond acceptors (Lipinski definition) is 2. The molecule has 0 spiro atoms. The second kappa shape index (κ2) is 10.3. The van der Waals surface area contributed by atoms with Gasteiger partial charge in [0.2, 0.25) is 0 Å². The molecule has 2 unspecified atom stereocenters. The Morgan fingerprint density at radius 3 is 1.94 bits per heavy atom. The van der Waals surface area contributed by atoms with Crippen LogP contribution in [-0.2, 0) is 6.54 Å². The maximum Gasteiger partial charge on any atom is 0.0361 e. The fourth-order valence-electron chi connectivity index (χ4n) is 5.57. The molecule has 3 saturated heterocycles. The van der Waals surface area contributed by atoms with Crippen LogP contribution in [0.4, 0.5) is 0 Å². The third-order valence-electron chi connectivity index (χ3n) is 7.02. The molecule has 2 bridgehead atoms. The van der Waals surface area contributed by atoms with Crippen molar-refractivity contribution in [3.8, 4) is 0 Å². The number of nitrogens with zero attached hydrogens (tertiary/aromatic N) is 1. The van der Waals surface area contributed by atoms with E-state index in [0.29, 0.717) is 18.0 Å². The molecule has 6 rings (SSSR count). The van der Waals surface area contributed by atoms with Gasteiger partial charge in [0, 0.05) is 28.1 Å². The van der Waals surface area contributed by atoms with E-state index in [0.717, 1.165) is 12.5 Å². The smallest absolute Gasteiger partial charge is 0.0361 e. The highest BCUT2D eigenvalue weighted by Crippen LogP contribution is 2.42. The van der Waals surface area contributed by atoms with E-state index < -0.39 is 0 Å². The summed E-state index contributed by atoms with van der Waals surface area (Å²) in [5.74, 6) is 1.15. The maximum absolute atomic E-state index is 4.03. The lowest BCUT2D eigenvalue weighted by atomic mass is 9.70. The number of fused-ring (bicyclic) bond motifs is 3. The molecule has 0 saturated carbocycles. The topological polar surface area (TPSA) is 15.3 Å². The van der Waals surface area contributed by atoms with Crippen LogP contribution in [0, 0.1) is 9.49 Å². The number of benzene rings is 3. The van der Waals surface area contributed by atoms with Crippen LogP contribution in [0.5, 0.6) is 0 Å². The summed E-state index contributed by atoms with van der Waals surface area (Å²) in [7, 11) is 0. The minimum Gasteiger partial charge on any atom is -0.308 e. The maximum atomic E-state index is 4.03. The molecule has 3 aromatic carbocycles. The van der Waals surface area contributed by atoms with Gasteiger partial charge in [-0.25, -0.2) is 0 Å². The molecule has 2 nitrogen and oxygen atoms in total. The number of piperidine rings is 3. The summed E-state index contributed by atoms with van der Waals surface area (Å²) >= 11 is 2.46. The molecule has 162 valence electrons. The van der Waals surface area contributed by atoms with Crippen molar-refractivity contribution in [1.82, 2.24) is 10.2 Å². The first-order chi connectivity index (χ1) is 14.8. The molecule has 3 aromatic rings. The summed E-state index contributed by atoms with van der Waals surface area (Å²) < 4.78 is 1.35. The molecule has 0 radical (unpaired) electrons. The molecule has 0 aliphatic carbocycles. The van der Waals surface area contributed by atoms with Gasteiger partial charge in [0.15, 0.2) is 0 Å². The number of nitrogens with one attached hydrogen (secondary N) is 1. The first-order valence-corrected chi connectivity index (χ1v) is 12.2. The Balaban J connectivity index is 0.00000231. The average molecular weight is 524 g/mol. The lowest BCUT2D eigenvalue weighted by Gasteiger charge is -2.54. The summed E-state index contributed by atoms with van der Waals surface area (Å²) in [4.78, 5) is 2.76. The van der Waals surface area contributed by atoms with Crippen molar-refractivity contribution in [2.75, 3.05) is 13.1 Å². The molecule has 0 aromatic heterocycles. The third kappa shape index (κ3) is 4.74. The molecule has 3 aliphatic heterocycles. The van der Waals surface area contributed by atoms with E-state index in [1.54, 1.807) is 0 Å². The van der Waals surface area contributed by atoms with Gasteiger partial charge in [-0.1, -0.05) is 86.3 Å². The van der Waals surface area contributed by atoms with E-state index in [2.05, 4.69) is 118 Å². The Kier molecular flexibility index (Phi) is 7.47. The number of hydrogen-bond donors (Lipinski definition) is 1. The quantitative estimate of drug-likeness (QED) is 0.380. The van der Waals surface area contributed by atoms with Gasteiger partial charge in [-0.15, -0.1) is 0 Å². The summed E-state index contributed by atoms with van der Waals surface area (Å²) in [6.07, 6.45) is 2.63. The summed E-state index contributed by atoms with van der Waals surface area (Å²) in [5.41, 5.74) is 4.27. The molecule has 2 atom stereocenters. The molecule has 3 heteroatoms. The third-order valence-corrected chi connectivity index (χ3v) is 8.07. The normalized spacial score (nSPS) is 24.7. The van der Waals surface area contributed by atoms with Gasteiger partial charge in [0.1, 0.15) is 0 Å². The van der Waals surface area contributed by atoms with Crippen LogP contribution in [0.3, 0.4) is 0 Å². The van der Waals surface area contributed by atoms with Gasteiger partial charge in [0.05, 0.1) is 0 Å². The highest BCUT2D eigenvalue weighted by Gasteiger charge is 2.46. The molecular formula is C28H33IN2. The van der Waals surface area contributed by atoms with Crippen LogP contribution in [0.25, 0.3) is 0 Å². The Morgan fingerprint density at radius 1 is 0.806 bits per heavy atom. The monoisotopic (exact) mass is 524 g/mol. The van der Waals surface area contributed by atoms with Gasteiger partial charge >= 0.3 is 0 Å². The SMILES string of the molecule is C.Ic1ccccc1CNC1C2CCN(CC2)C1C(c1ccccc1)c1ccccc1. The van der Waals surface area contributed by atoms with E-state index in [9.17, 15) is 0 Å². The summed E-state index contributed by atoms with van der Waals surface area (Å²) in [6.45, 7) is 3.40. The predicted octanol–water partition coefficient (Wildman–Crippen LogP) is 6.31. The Hall–Kier alpha value is -1.69. The van der Waals surface area contributed by atoms with E-state index >= 15 is 0 Å². The molecule has 31 heavy (non-hydrogen) atoms. The Morgan fingerprint density at radius 2 is 1.35 bits per heavy atom. The minimum atomic E-state index is 0. The molecule has 3 aliphatic rings. The van der Waals surface area contributed by atoms with Gasteiger partial charge < -0.3 is 5.32 Å². The molecule has 3 heterocycles. The molecule has 3 fully saturated rings. The van der Waals surface area contributed by atoms with Gasteiger partial charge in [-0.3, -0.25) is 4.90 Å². The zero-order valence-corrected chi connectivity index (χ0v) is 19.4. The van der Waals surface area contributed by atoms with E-state index in [1.807, 2.05) is 0 Å². The van der Waals surface area contributed by atoms with Gasteiger partial charge in [0.25, 0.3) is 0 Å². The van der Waals surface area contributed by atoms with Crippen molar-refractivity contribution in [1.29, 1.82) is 0 Å². The van der Waals surface area contributed by atoms with Crippen LogP contribution in [-0.4, -0.2) is 30.1 Å². The highest BCUT2D eigenvalue weighted by atomic mass is 127. The first-order valence-electron chi connectivity index (χ1n) is 11.1. The standard InChI is InChI=1S/C27H29IN2.CH4/c28-24-14-8-7-13-23(24)19-29-26-22-15-17-30(18-16-22)27(26)25(20-9-3-1-4-10-20)21-11-5-2-6-12-21;/h1-14,22,25-27,29H,15-19H2;1H4. The molecule has 1 N–H and O–H groups in total. The van der Waals surface area contributed by atoms with Crippen molar-refractivity contribution in [2.24, 2.45) is 5.92 Å². The Bertz CT molecular complexity index is 912. The number of rotatable bonds is 6. The van der Waals surface area contributed by atoms with Gasteiger partial charge in [-0.2, -0.15) is 0 Å². The molecule has 0 amide bonds. The average Bonchev–Trinajstić information content (AvgIpc) is 2.81. The van der Waals surface area contributed by atoms with Crippen molar-refractivity contribution >= 4 is 22.6 Å². The Labute approximate surface area is 201 Å². The fraction of sp³-hybridized carbons (Fsp3) is 0.357. The zero-order valence-electron chi connectivity index (χ0n) is 17.3. The second-order valence-electron chi connectivity index (χ2n) is 8.66. The van der Waals surface area contributed by atoms with Gasteiger partial charge in [-0.05, 0) is 77.2 Å². The molecular weight excluding hydrogens is 491 g/mol. The van der Waals surface area contributed by atoms with Crippen molar-refractivity contribution < 1.29 is 0 Å². The summed E-state index contributed by atoms with van der Waals surface area (Å²) in [6, 6.07) is 32.1. The highest BCUT2D eigenvalue weighted by molar-refractivity contribution is 14.1. The van der Waals surface area contributed by atoms with Crippen LogP contribution >= 0.6 is 22.6 Å². The van der Waals surface area contributed by atoms with E-state index in [-0.39, 0.29) is 7.43 Å². The largest absolute Gasteiger partial charge is 0.308 e. The lowest BCUT2D eigenvalue weighted by Crippen LogP contribution is -2.64. The zero-order chi connectivity index (χ0) is 20.3. The van der Waals surface area contributed by atoms with E-state index in [4.69, 9.17) is 0 Å². The van der Waals surface area contributed by atoms with E-state index in [1.165, 1.54) is 46.2 Å².